The zero-order valence-electron chi connectivity index (χ0n) is 15.9. The van der Waals surface area contributed by atoms with Crippen LogP contribution in [0.1, 0.15) is 62.2 Å². The highest BCUT2D eigenvalue weighted by Crippen LogP contribution is 2.53. The predicted octanol–water partition coefficient (Wildman–Crippen LogP) is 3.34. The second kappa shape index (κ2) is 6.25. The lowest BCUT2D eigenvalue weighted by Gasteiger charge is -2.55. The molecule has 5 atom stereocenters. The molecule has 5 aliphatic rings. The number of likely N-dealkylation sites (tertiary alicyclic amines) is 1. The van der Waals surface area contributed by atoms with Crippen LogP contribution >= 0.6 is 0 Å². The first-order valence-corrected chi connectivity index (χ1v) is 10.5. The van der Waals surface area contributed by atoms with E-state index in [-0.39, 0.29) is 17.7 Å². The van der Waals surface area contributed by atoms with Gasteiger partial charge in [0.2, 0.25) is 5.91 Å². The molecule has 144 valence electrons. The molecular weight excluding hydrogens is 340 g/mol. The molecule has 1 saturated heterocycles. The summed E-state index contributed by atoms with van der Waals surface area (Å²) in [6.45, 7) is 3.08. The van der Waals surface area contributed by atoms with Gasteiger partial charge in [-0.15, -0.1) is 0 Å². The maximum absolute atomic E-state index is 13.3. The van der Waals surface area contributed by atoms with Crippen molar-refractivity contribution in [2.45, 2.75) is 63.6 Å². The molecule has 2 heterocycles. The summed E-state index contributed by atoms with van der Waals surface area (Å²) in [7, 11) is 0. The summed E-state index contributed by atoms with van der Waals surface area (Å²) in [5.74, 6) is 1.57. The highest BCUT2D eigenvalue weighted by molar-refractivity contribution is 5.98. The number of carbonyl (C=O) groups excluding carboxylic acids is 2. The van der Waals surface area contributed by atoms with E-state index in [9.17, 15) is 9.59 Å². The Balaban J connectivity index is 1.38. The number of rotatable bonds is 1. The number of fused-ring (bicyclic) bond motifs is 3. The van der Waals surface area contributed by atoms with Crippen LogP contribution in [0, 0.1) is 17.8 Å². The SMILES string of the molecule is C[C@@H]1CCCCN1C(=O)[C@@H]1C[C@H]2CC[C@H]1C[C@]21NC(=O)c2ccccc2O1. The van der Waals surface area contributed by atoms with Gasteiger partial charge in [0, 0.05) is 30.8 Å². The van der Waals surface area contributed by atoms with E-state index < -0.39 is 5.72 Å². The molecule has 2 amide bonds. The number of ether oxygens (including phenoxy) is 1. The van der Waals surface area contributed by atoms with Crippen LogP contribution in [0.5, 0.6) is 5.75 Å². The molecule has 2 bridgehead atoms. The fourth-order valence-electron chi connectivity index (χ4n) is 5.90. The summed E-state index contributed by atoms with van der Waals surface area (Å²) in [5, 5.41) is 3.18. The number of nitrogens with one attached hydrogen (secondary N) is 1. The Morgan fingerprint density at radius 2 is 2.07 bits per heavy atom. The van der Waals surface area contributed by atoms with E-state index in [1.54, 1.807) is 0 Å². The third-order valence-electron chi connectivity index (χ3n) is 7.37. The number of benzene rings is 1. The zero-order chi connectivity index (χ0) is 18.6. The fraction of sp³-hybridized carbons (Fsp3) is 0.636. The first kappa shape index (κ1) is 17.1. The fourth-order valence-corrected chi connectivity index (χ4v) is 5.90. The third kappa shape index (κ3) is 2.66. The second-order valence-corrected chi connectivity index (χ2v) is 8.90. The molecule has 2 aliphatic heterocycles. The van der Waals surface area contributed by atoms with Crippen molar-refractivity contribution in [1.82, 2.24) is 10.2 Å². The number of carbonyl (C=O) groups is 2. The lowest BCUT2D eigenvalue weighted by molar-refractivity contribution is -0.158. The molecule has 5 nitrogen and oxygen atoms in total. The van der Waals surface area contributed by atoms with Gasteiger partial charge in [-0.2, -0.15) is 0 Å². The molecule has 3 saturated carbocycles. The van der Waals surface area contributed by atoms with Crippen LogP contribution in [0.3, 0.4) is 0 Å². The molecule has 6 rings (SSSR count). The van der Waals surface area contributed by atoms with E-state index in [0.717, 1.165) is 45.1 Å². The van der Waals surface area contributed by atoms with Crippen molar-refractivity contribution in [2.24, 2.45) is 17.8 Å². The Bertz CT molecular complexity index is 779. The van der Waals surface area contributed by atoms with Gasteiger partial charge >= 0.3 is 0 Å². The molecule has 1 aromatic rings. The summed E-state index contributed by atoms with van der Waals surface area (Å²) in [4.78, 5) is 28.1. The maximum Gasteiger partial charge on any atom is 0.258 e. The number of hydrogen-bond donors (Lipinski definition) is 1. The van der Waals surface area contributed by atoms with E-state index >= 15 is 0 Å². The van der Waals surface area contributed by atoms with Gasteiger partial charge in [-0.25, -0.2) is 0 Å². The first-order valence-electron chi connectivity index (χ1n) is 10.5. The van der Waals surface area contributed by atoms with Gasteiger partial charge in [0.15, 0.2) is 5.72 Å². The molecule has 0 aromatic heterocycles. The Morgan fingerprint density at radius 1 is 1.22 bits per heavy atom. The van der Waals surface area contributed by atoms with Gasteiger partial charge in [-0.05, 0) is 63.5 Å². The molecule has 4 fully saturated rings. The Kier molecular flexibility index (Phi) is 3.95. The van der Waals surface area contributed by atoms with Crippen molar-refractivity contribution in [1.29, 1.82) is 0 Å². The van der Waals surface area contributed by atoms with Crippen LogP contribution in [-0.4, -0.2) is 35.0 Å². The zero-order valence-corrected chi connectivity index (χ0v) is 15.9. The van der Waals surface area contributed by atoms with Crippen molar-refractivity contribution in [2.75, 3.05) is 6.54 Å². The van der Waals surface area contributed by atoms with E-state index in [4.69, 9.17) is 4.74 Å². The Morgan fingerprint density at radius 3 is 2.85 bits per heavy atom. The van der Waals surface area contributed by atoms with Crippen LogP contribution < -0.4 is 10.1 Å². The first-order chi connectivity index (χ1) is 13.1. The number of piperidine rings is 1. The summed E-state index contributed by atoms with van der Waals surface area (Å²) in [5.41, 5.74) is -0.0158. The van der Waals surface area contributed by atoms with Crippen LogP contribution in [-0.2, 0) is 4.79 Å². The Hall–Kier alpha value is -2.04. The molecule has 1 spiro atoms. The summed E-state index contributed by atoms with van der Waals surface area (Å²) >= 11 is 0. The minimum atomic E-state index is -0.626. The van der Waals surface area contributed by atoms with Crippen LogP contribution in [0.15, 0.2) is 24.3 Å². The second-order valence-electron chi connectivity index (χ2n) is 8.90. The predicted molar refractivity (Wildman–Crippen MR) is 101 cm³/mol. The average molecular weight is 368 g/mol. The lowest BCUT2D eigenvalue weighted by atomic mass is 9.59. The number of para-hydroxylation sites is 1. The average Bonchev–Trinajstić information content (AvgIpc) is 2.68. The smallest absolute Gasteiger partial charge is 0.258 e. The quantitative estimate of drug-likeness (QED) is 0.827. The van der Waals surface area contributed by atoms with Crippen LogP contribution in [0.4, 0.5) is 0 Å². The molecule has 1 aromatic carbocycles. The van der Waals surface area contributed by atoms with E-state index in [1.807, 2.05) is 24.3 Å². The normalized spacial score (nSPS) is 37.5. The van der Waals surface area contributed by atoms with Crippen LogP contribution in [0.25, 0.3) is 0 Å². The van der Waals surface area contributed by atoms with Crippen molar-refractivity contribution >= 4 is 11.8 Å². The minimum Gasteiger partial charge on any atom is -0.467 e. The minimum absolute atomic E-state index is 0.0445. The highest BCUT2D eigenvalue weighted by Gasteiger charge is 2.57. The molecule has 0 radical (unpaired) electrons. The third-order valence-corrected chi connectivity index (χ3v) is 7.37. The monoisotopic (exact) mass is 368 g/mol. The van der Waals surface area contributed by atoms with Gasteiger partial charge in [0.05, 0.1) is 5.56 Å². The van der Waals surface area contributed by atoms with Crippen molar-refractivity contribution < 1.29 is 14.3 Å². The van der Waals surface area contributed by atoms with Gasteiger partial charge in [-0.3, -0.25) is 9.59 Å². The van der Waals surface area contributed by atoms with Gasteiger partial charge in [0.25, 0.3) is 5.91 Å². The Labute approximate surface area is 160 Å². The van der Waals surface area contributed by atoms with E-state index in [2.05, 4.69) is 17.1 Å². The van der Waals surface area contributed by atoms with Crippen molar-refractivity contribution in [3.63, 3.8) is 0 Å². The summed E-state index contributed by atoms with van der Waals surface area (Å²) in [6.07, 6.45) is 7.12. The summed E-state index contributed by atoms with van der Waals surface area (Å²) < 4.78 is 6.40. The molecule has 5 heteroatoms. The van der Waals surface area contributed by atoms with E-state index in [1.165, 1.54) is 6.42 Å². The number of amides is 2. The number of hydrogen-bond acceptors (Lipinski definition) is 3. The highest BCUT2D eigenvalue weighted by atomic mass is 16.5. The van der Waals surface area contributed by atoms with Crippen molar-refractivity contribution in [3.8, 4) is 5.75 Å². The van der Waals surface area contributed by atoms with Gasteiger partial charge in [0.1, 0.15) is 5.75 Å². The largest absolute Gasteiger partial charge is 0.467 e. The van der Waals surface area contributed by atoms with Gasteiger partial charge < -0.3 is 15.0 Å². The standard InChI is InChI=1S/C22H28N2O3/c1-14-6-4-5-11-24(14)21(26)18-12-16-10-9-15(18)13-22(16)23-20(25)17-7-2-3-8-19(17)27-22/h2-3,7-8,14-16,18H,4-6,9-13H2,1H3,(H,23,25)/t14-,15+,16-,18-,22-/m1/s1. The topological polar surface area (TPSA) is 58.6 Å². The molecule has 0 unspecified atom stereocenters. The molecule has 1 N–H and O–H groups in total. The van der Waals surface area contributed by atoms with E-state index in [0.29, 0.717) is 29.2 Å². The lowest BCUT2D eigenvalue weighted by Crippen LogP contribution is -2.67. The molecule has 3 aliphatic carbocycles. The van der Waals surface area contributed by atoms with Crippen molar-refractivity contribution in [3.05, 3.63) is 29.8 Å². The van der Waals surface area contributed by atoms with Gasteiger partial charge in [-0.1, -0.05) is 12.1 Å². The van der Waals surface area contributed by atoms with Crippen LogP contribution in [0.2, 0.25) is 0 Å². The molecule has 27 heavy (non-hydrogen) atoms. The maximum atomic E-state index is 13.3. The molecular formula is C22H28N2O3. The number of nitrogens with zero attached hydrogens (tertiary/aromatic N) is 1. The summed E-state index contributed by atoms with van der Waals surface area (Å²) in [6, 6.07) is 7.83.